The van der Waals surface area contributed by atoms with Gasteiger partial charge in [0.15, 0.2) is 0 Å². The Labute approximate surface area is 228 Å². The Hall–Kier alpha value is -3.59. The molecule has 39 heavy (non-hydrogen) atoms. The lowest BCUT2D eigenvalue weighted by atomic mass is 9.91. The number of benzene rings is 2. The molecule has 0 radical (unpaired) electrons. The fraction of sp³-hybridized carbons (Fsp3) is 0.333. The van der Waals surface area contributed by atoms with Gasteiger partial charge in [0.1, 0.15) is 0 Å². The lowest BCUT2D eigenvalue weighted by molar-refractivity contribution is 0.152. The number of fused-ring (bicyclic) bond motifs is 2. The van der Waals surface area contributed by atoms with Crippen molar-refractivity contribution in [3.8, 4) is 11.1 Å². The van der Waals surface area contributed by atoms with Gasteiger partial charge in [0.25, 0.3) is 12.0 Å². The third-order valence-electron chi connectivity index (χ3n) is 7.92. The second kappa shape index (κ2) is 9.86. The Bertz CT molecular complexity index is 1740. The number of aromatic nitrogens is 3. The van der Waals surface area contributed by atoms with Crippen LogP contribution in [0.5, 0.6) is 0 Å². The molecule has 0 saturated heterocycles. The third-order valence-corrected chi connectivity index (χ3v) is 9.12. The van der Waals surface area contributed by atoms with Crippen molar-refractivity contribution in [3.05, 3.63) is 81.4 Å². The third kappa shape index (κ3) is 4.52. The number of rotatable bonds is 4. The van der Waals surface area contributed by atoms with E-state index in [1.807, 2.05) is 19.1 Å². The minimum absolute atomic E-state index is 0.00860. The smallest absolute Gasteiger partial charge is 0.264 e. The van der Waals surface area contributed by atoms with E-state index < -0.39 is 17.2 Å². The summed E-state index contributed by atoms with van der Waals surface area (Å²) < 4.78 is 44.2. The molecule has 2 aliphatic heterocycles. The summed E-state index contributed by atoms with van der Waals surface area (Å²) in [6.07, 6.45) is 5.12. The van der Waals surface area contributed by atoms with Crippen molar-refractivity contribution in [1.29, 1.82) is 0 Å². The quantitative estimate of drug-likeness (QED) is 0.323. The van der Waals surface area contributed by atoms with Crippen LogP contribution in [-0.4, -0.2) is 36.6 Å². The molecular formula is C30H30F2N4O2S. The van der Waals surface area contributed by atoms with Crippen molar-refractivity contribution in [2.45, 2.75) is 32.6 Å². The summed E-state index contributed by atoms with van der Waals surface area (Å²) in [6.45, 7) is 2.63. The molecular weight excluding hydrogens is 518 g/mol. The molecule has 0 N–H and O–H groups in total. The highest BCUT2D eigenvalue weighted by atomic mass is 32.2. The van der Waals surface area contributed by atoms with Gasteiger partial charge in [-0.15, -0.1) is 0 Å². The van der Waals surface area contributed by atoms with Crippen molar-refractivity contribution in [2.75, 3.05) is 23.0 Å². The standard InChI is InChI=1S/C30H30F2N4O2S/c1-18-11-28(37)35(3)29-23(18)13-22(14-25(29)19-6-9-39(38)10-7-19)36-8-4-5-20-12-24(21-16-33-34(2)17-21)26(30(31)32)15-27(20)36/h6,11-17,30H,4-5,7-10H2,1-3H3. The zero-order chi connectivity index (χ0) is 27.4. The SMILES string of the molecule is Cc1cc(=O)n(C)c2c(C3=CCS(=O)CC3)cc(N3CCCc4cc(-c5cnn(C)c5)c(C(F)F)cc43)cc12. The monoisotopic (exact) mass is 548 g/mol. The van der Waals surface area contributed by atoms with Crippen LogP contribution in [0, 0.1) is 6.92 Å². The van der Waals surface area contributed by atoms with Gasteiger partial charge in [0, 0.05) is 88.7 Å². The molecule has 0 saturated carbocycles. The molecule has 0 aliphatic carbocycles. The fourth-order valence-electron chi connectivity index (χ4n) is 5.91. The second-order valence-electron chi connectivity index (χ2n) is 10.4. The first-order valence-electron chi connectivity index (χ1n) is 13.1. The predicted octanol–water partition coefficient (Wildman–Crippen LogP) is 5.81. The van der Waals surface area contributed by atoms with Crippen molar-refractivity contribution >= 4 is 38.7 Å². The number of alkyl halides is 2. The highest BCUT2D eigenvalue weighted by Gasteiger charge is 2.26. The van der Waals surface area contributed by atoms with Gasteiger partial charge >= 0.3 is 0 Å². The zero-order valence-corrected chi connectivity index (χ0v) is 23.0. The summed E-state index contributed by atoms with van der Waals surface area (Å²) in [4.78, 5) is 14.9. The van der Waals surface area contributed by atoms with E-state index in [0.29, 0.717) is 35.6 Å². The van der Waals surface area contributed by atoms with Crippen molar-refractivity contribution < 1.29 is 13.0 Å². The Balaban J connectivity index is 1.56. The van der Waals surface area contributed by atoms with E-state index in [2.05, 4.69) is 22.1 Å². The van der Waals surface area contributed by atoms with Crippen LogP contribution in [0.4, 0.5) is 20.2 Å². The van der Waals surface area contributed by atoms with Crippen LogP contribution < -0.4 is 10.5 Å². The summed E-state index contributed by atoms with van der Waals surface area (Å²) in [5, 5.41) is 5.14. The topological polar surface area (TPSA) is 60.1 Å². The second-order valence-corrected chi connectivity index (χ2v) is 12.1. The van der Waals surface area contributed by atoms with Crippen LogP contribution >= 0.6 is 0 Å². The molecule has 4 heterocycles. The molecule has 0 fully saturated rings. The first-order chi connectivity index (χ1) is 18.7. The summed E-state index contributed by atoms with van der Waals surface area (Å²) in [5.74, 6) is 1.07. The van der Waals surface area contributed by atoms with Gasteiger partial charge in [-0.25, -0.2) is 8.78 Å². The number of allylic oxidation sites excluding steroid dienone is 1. The van der Waals surface area contributed by atoms with E-state index in [4.69, 9.17) is 0 Å². The molecule has 2 aromatic carbocycles. The normalized spacial score (nSPS) is 17.5. The van der Waals surface area contributed by atoms with E-state index in [1.165, 1.54) is 0 Å². The maximum Gasteiger partial charge on any atom is 0.264 e. The van der Waals surface area contributed by atoms with E-state index in [0.717, 1.165) is 57.4 Å². The number of anilines is 2. The Kier molecular flexibility index (Phi) is 6.49. The minimum atomic E-state index is -2.63. The number of aryl methyl sites for hydroxylation is 4. The molecule has 1 atom stereocenters. The molecule has 6 nitrogen and oxygen atoms in total. The van der Waals surface area contributed by atoms with Gasteiger partial charge in [-0.05, 0) is 72.7 Å². The van der Waals surface area contributed by atoms with Crippen LogP contribution in [-0.2, 0) is 31.3 Å². The number of hydrogen-bond acceptors (Lipinski definition) is 4. The highest BCUT2D eigenvalue weighted by molar-refractivity contribution is 7.85. The van der Waals surface area contributed by atoms with E-state index in [9.17, 15) is 17.8 Å². The van der Waals surface area contributed by atoms with Crippen LogP contribution in [0.1, 0.15) is 41.5 Å². The minimum Gasteiger partial charge on any atom is -0.341 e. The fourth-order valence-corrected chi connectivity index (χ4v) is 6.91. The Morgan fingerprint density at radius 1 is 1.05 bits per heavy atom. The van der Waals surface area contributed by atoms with Crippen LogP contribution in [0.25, 0.3) is 27.6 Å². The molecule has 1 unspecified atom stereocenters. The number of hydrogen-bond donors (Lipinski definition) is 0. The average molecular weight is 549 g/mol. The van der Waals surface area contributed by atoms with Gasteiger partial charge in [-0.3, -0.25) is 13.7 Å². The maximum atomic E-state index is 14.4. The molecule has 6 rings (SSSR count). The zero-order valence-electron chi connectivity index (χ0n) is 22.2. The number of halogens is 2. The molecule has 0 spiro atoms. The summed E-state index contributed by atoms with van der Waals surface area (Å²) >= 11 is 0. The van der Waals surface area contributed by atoms with Crippen molar-refractivity contribution in [3.63, 3.8) is 0 Å². The average Bonchev–Trinajstić information content (AvgIpc) is 3.36. The lowest BCUT2D eigenvalue weighted by Crippen LogP contribution is -2.25. The molecule has 2 aliphatic rings. The first kappa shape index (κ1) is 25.7. The Morgan fingerprint density at radius 3 is 2.56 bits per heavy atom. The van der Waals surface area contributed by atoms with Gasteiger partial charge in [-0.1, -0.05) is 6.08 Å². The van der Waals surface area contributed by atoms with Crippen molar-refractivity contribution in [1.82, 2.24) is 14.3 Å². The molecule has 2 aromatic heterocycles. The van der Waals surface area contributed by atoms with Crippen LogP contribution in [0.3, 0.4) is 0 Å². The van der Waals surface area contributed by atoms with Gasteiger partial charge < -0.3 is 9.47 Å². The summed E-state index contributed by atoms with van der Waals surface area (Å²) in [7, 11) is 2.68. The largest absolute Gasteiger partial charge is 0.341 e. The van der Waals surface area contributed by atoms with Gasteiger partial charge in [0.05, 0.1) is 11.7 Å². The predicted molar refractivity (Wildman–Crippen MR) is 153 cm³/mol. The van der Waals surface area contributed by atoms with E-state index in [1.54, 1.807) is 47.9 Å². The molecule has 0 amide bonds. The molecule has 202 valence electrons. The van der Waals surface area contributed by atoms with E-state index >= 15 is 0 Å². The van der Waals surface area contributed by atoms with Crippen molar-refractivity contribution in [2.24, 2.45) is 14.1 Å². The summed E-state index contributed by atoms with van der Waals surface area (Å²) in [6, 6.07) is 9.33. The highest BCUT2D eigenvalue weighted by Crippen LogP contribution is 2.43. The number of nitrogens with zero attached hydrogens (tertiary/aromatic N) is 4. The van der Waals surface area contributed by atoms with Crippen LogP contribution in [0.15, 0.2) is 53.6 Å². The molecule has 0 bridgehead atoms. The number of pyridine rings is 1. The lowest BCUT2D eigenvalue weighted by Gasteiger charge is -2.33. The maximum absolute atomic E-state index is 14.4. The molecule has 4 aromatic rings. The van der Waals surface area contributed by atoms with E-state index in [-0.39, 0.29) is 11.1 Å². The molecule has 9 heteroatoms. The van der Waals surface area contributed by atoms with Gasteiger partial charge in [-0.2, -0.15) is 5.10 Å². The first-order valence-corrected chi connectivity index (χ1v) is 14.6. The Morgan fingerprint density at radius 2 is 1.87 bits per heavy atom. The van der Waals surface area contributed by atoms with Gasteiger partial charge in [0.2, 0.25) is 0 Å². The van der Waals surface area contributed by atoms with Crippen LogP contribution in [0.2, 0.25) is 0 Å². The summed E-state index contributed by atoms with van der Waals surface area (Å²) in [5.41, 5.74) is 7.55.